The Morgan fingerprint density at radius 2 is 0.511 bits per heavy atom. The van der Waals surface area contributed by atoms with E-state index in [-0.39, 0.29) is 32.2 Å². The zero-order valence-electron chi connectivity index (χ0n) is 60.2. The molecule has 0 aliphatic carbocycles. The topological polar surface area (TPSA) is 111 Å². The Bertz CT molecular complexity index is 1400. The number of nitrogens with zero attached hydrogens (tertiary/aromatic N) is 1. The maximum absolute atomic E-state index is 13.0. The first-order valence-corrected chi connectivity index (χ1v) is 39.7. The van der Waals surface area contributed by atoms with Gasteiger partial charge in [0.1, 0.15) is 13.2 Å². The highest BCUT2D eigenvalue weighted by molar-refractivity contribution is 5.70. The van der Waals surface area contributed by atoms with Crippen molar-refractivity contribution in [3.8, 4) is 0 Å². The van der Waals surface area contributed by atoms with Gasteiger partial charge in [-0.2, -0.15) is 0 Å². The van der Waals surface area contributed by atoms with E-state index in [4.69, 9.17) is 18.9 Å². The Morgan fingerprint density at radius 1 is 0.295 bits per heavy atom. The van der Waals surface area contributed by atoms with Crippen molar-refractivity contribution in [2.45, 2.75) is 444 Å². The molecule has 9 heteroatoms. The van der Waals surface area contributed by atoms with Gasteiger partial charge >= 0.3 is 11.9 Å². The number of rotatable bonds is 76. The lowest BCUT2D eigenvalue weighted by Gasteiger charge is -2.26. The van der Waals surface area contributed by atoms with E-state index in [1.807, 2.05) is 21.1 Å². The maximum Gasteiger partial charge on any atom is 0.306 e. The molecule has 2 unspecified atom stereocenters. The van der Waals surface area contributed by atoms with Crippen molar-refractivity contribution in [1.29, 1.82) is 0 Å². The zero-order chi connectivity index (χ0) is 64.0. The molecule has 88 heavy (non-hydrogen) atoms. The van der Waals surface area contributed by atoms with Crippen LogP contribution in [0.15, 0.2) is 0 Å². The summed E-state index contributed by atoms with van der Waals surface area (Å²) in [6.45, 7) is 4.85. The molecule has 0 bridgehead atoms. The van der Waals surface area contributed by atoms with E-state index >= 15 is 0 Å². The van der Waals surface area contributed by atoms with Crippen LogP contribution in [0.4, 0.5) is 0 Å². The number of carbonyl (C=O) groups excluding carboxylic acids is 3. The van der Waals surface area contributed by atoms with E-state index in [0.717, 1.165) is 38.5 Å². The SMILES string of the molecule is CCCCCCCCCCCCCCCCCCCCCCCCCCCCCCCCCCCCCCCCCCCC(=O)OC(COC(=O)CCCCCCCCCCCCCCCCCCCCCCCC)COC(OCC[N+](C)(C)C)C(=O)[O-]. The Morgan fingerprint density at radius 3 is 0.727 bits per heavy atom. The summed E-state index contributed by atoms with van der Waals surface area (Å²) in [6, 6.07) is 0. The fraction of sp³-hybridized carbons (Fsp3) is 0.962. The summed E-state index contributed by atoms with van der Waals surface area (Å²) in [5.41, 5.74) is 0. The Kier molecular flexibility index (Phi) is 69.8. The number of hydrogen-bond donors (Lipinski definition) is 0. The van der Waals surface area contributed by atoms with Gasteiger partial charge in [0, 0.05) is 12.8 Å². The van der Waals surface area contributed by atoms with Crippen molar-refractivity contribution in [2.75, 3.05) is 47.5 Å². The molecule has 0 rings (SSSR count). The van der Waals surface area contributed by atoms with Crippen molar-refractivity contribution < 1.29 is 42.9 Å². The minimum Gasteiger partial charge on any atom is -0.545 e. The van der Waals surface area contributed by atoms with Crippen LogP contribution in [0.5, 0.6) is 0 Å². The van der Waals surface area contributed by atoms with Gasteiger partial charge in [0.2, 0.25) is 0 Å². The summed E-state index contributed by atoms with van der Waals surface area (Å²) in [7, 11) is 5.95. The van der Waals surface area contributed by atoms with Crippen molar-refractivity contribution in [3.63, 3.8) is 0 Å². The normalized spacial score (nSPS) is 12.5. The van der Waals surface area contributed by atoms with Gasteiger partial charge in [-0.15, -0.1) is 0 Å². The average molecular weight is 1250 g/mol. The van der Waals surface area contributed by atoms with Gasteiger partial charge in [0.25, 0.3) is 0 Å². The summed E-state index contributed by atoms with van der Waals surface area (Å²) >= 11 is 0. The standard InChI is InChI=1S/C79H155NO8/c1-6-8-10-12-14-16-18-20-22-24-26-28-30-31-32-33-34-35-36-37-38-39-40-41-42-43-44-45-46-47-48-50-52-54-56-58-60-62-64-66-68-70-77(82)88-75(74-87-79(78(83)84)85-72-71-80(3,4)5)73-86-76(81)69-67-65-63-61-59-57-55-53-51-49-29-27-25-23-21-19-17-15-13-11-9-7-2/h75,79H,6-74H2,1-5H3. The maximum atomic E-state index is 13.0. The second kappa shape index (κ2) is 71.1. The molecular weight excluding hydrogens is 1090 g/mol. The minimum atomic E-state index is -1.62. The van der Waals surface area contributed by atoms with Crippen molar-refractivity contribution in [1.82, 2.24) is 0 Å². The number of carboxylic acid groups (broad SMARTS) is 1. The number of hydrogen-bond acceptors (Lipinski definition) is 8. The van der Waals surface area contributed by atoms with E-state index in [0.29, 0.717) is 17.4 Å². The molecule has 0 aromatic heterocycles. The first-order chi connectivity index (χ1) is 43.1. The predicted molar refractivity (Wildman–Crippen MR) is 376 cm³/mol. The second-order valence-electron chi connectivity index (χ2n) is 28.7. The van der Waals surface area contributed by atoms with Gasteiger partial charge in [-0.25, -0.2) is 0 Å². The fourth-order valence-electron chi connectivity index (χ4n) is 12.5. The molecule has 2 atom stereocenters. The summed E-state index contributed by atoms with van der Waals surface area (Å²) < 4.78 is 22.9. The van der Waals surface area contributed by atoms with Crippen molar-refractivity contribution in [2.24, 2.45) is 0 Å². The molecule has 0 heterocycles. The number of esters is 2. The van der Waals surface area contributed by atoms with E-state index in [1.165, 1.54) is 366 Å². The highest BCUT2D eigenvalue weighted by Crippen LogP contribution is 2.21. The lowest BCUT2D eigenvalue weighted by atomic mass is 10.0. The van der Waals surface area contributed by atoms with Crippen LogP contribution >= 0.6 is 0 Å². The Balaban J connectivity index is 3.89. The Labute approximate surface area is 549 Å². The van der Waals surface area contributed by atoms with Crippen LogP contribution in [-0.4, -0.2) is 82.3 Å². The van der Waals surface area contributed by atoms with Crippen molar-refractivity contribution in [3.05, 3.63) is 0 Å². The number of quaternary nitrogens is 1. The third kappa shape index (κ3) is 71.7. The molecule has 0 radical (unpaired) electrons. The number of likely N-dealkylation sites (N-methyl/N-ethyl adjacent to an activating group) is 1. The van der Waals surface area contributed by atoms with Crippen LogP contribution in [0.2, 0.25) is 0 Å². The van der Waals surface area contributed by atoms with Gasteiger partial charge < -0.3 is 33.3 Å². The lowest BCUT2D eigenvalue weighted by Crippen LogP contribution is -2.44. The predicted octanol–water partition coefficient (Wildman–Crippen LogP) is 23.7. The van der Waals surface area contributed by atoms with Gasteiger partial charge in [-0.1, -0.05) is 406 Å². The number of carbonyl (C=O) groups is 3. The smallest absolute Gasteiger partial charge is 0.306 e. The molecular formula is C79H155NO8. The molecule has 0 saturated heterocycles. The molecule has 0 amide bonds. The van der Waals surface area contributed by atoms with Gasteiger partial charge in [0.15, 0.2) is 12.4 Å². The van der Waals surface area contributed by atoms with Crippen LogP contribution in [-0.2, 0) is 33.3 Å². The number of carboxylic acids is 1. The van der Waals surface area contributed by atoms with Crippen LogP contribution in [0.25, 0.3) is 0 Å². The van der Waals surface area contributed by atoms with E-state index in [1.54, 1.807) is 0 Å². The molecule has 0 saturated carbocycles. The molecule has 0 aliphatic rings. The molecule has 0 aromatic rings. The monoisotopic (exact) mass is 1250 g/mol. The summed E-state index contributed by atoms with van der Waals surface area (Å²) in [6.07, 6.45) is 83.9. The number of ether oxygens (including phenoxy) is 4. The van der Waals surface area contributed by atoms with Gasteiger partial charge in [-0.05, 0) is 12.8 Å². The molecule has 9 nitrogen and oxygen atoms in total. The zero-order valence-corrected chi connectivity index (χ0v) is 60.2. The molecule has 0 fully saturated rings. The van der Waals surface area contributed by atoms with Gasteiger partial charge in [0.05, 0.1) is 40.3 Å². The molecule has 524 valence electrons. The quantitative estimate of drug-likeness (QED) is 0.0256. The van der Waals surface area contributed by atoms with Gasteiger partial charge in [-0.3, -0.25) is 9.59 Å². The summed E-state index contributed by atoms with van der Waals surface area (Å²) in [5, 5.41) is 11.8. The number of unbranched alkanes of at least 4 members (excludes halogenated alkanes) is 61. The van der Waals surface area contributed by atoms with Crippen molar-refractivity contribution >= 4 is 17.9 Å². The summed E-state index contributed by atoms with van der Waals surface area (Å²) in [5.74, 6) is -2.24. The molecule has 0 aromatic carbocycles. The van der Waals surface area contributed by atoms with E-state index in [9.17, 15) is 19.5 Å². The molecule has 0 aliphatic heterocycles. The highest BCUT2D eigenvalue weighted by atomic mass is 16.7. The summed E-state index contributed by atoms with van der Waals surface area (Å²) in [4.78, 5) is 37.5. The largest absolute Gasteiger partial charge is 0.545 e. The third-order valence-corrected chi connectivity index (χ3v) is 18.6. The highest BCUT2D eigenvalue weighted by Gasteiger charge is 2.22. The molecule has 0 spiro atoms. The van der Waals surface area contributed by atoms with Crippen LogP contribution < -0.4 is 5.11 Å². The second-order valence-corrected chi connectivity index (χ2v) is 28.7. The lowest BCUT2D eigenvalue weighted by molar-refractivity contribution is -0.870. The fourth-order valence-corrected chi connectivity index (χ4v) is 12.5. The van der Waals surface area contributed by atoms with Crippen LogP contribution in [0, 0.1) is 0 Å². The first kappa shape index (κ1) is 86.3. The molecule has 0 N–H and O–H groups in total. The number of aliphatic carboxylic acids is 1. The minimum absolute atomic E-state index is 0.154. The van der Waals surface area contributed by atoms with Crippen LogP contribution in [0.3, 0.4) is 0 Å². The van der Waals surface area contributed by atoms with E-state index < -0.39 is 24.3 Å². The third-order valence-electron chi connectivity index (χ3n) is 18.6. The Hall–Kier alpha value is -1.71. The average Bonchev–Trinajstić information content (AvgIpc) is 3.55. The first-order valence-electron chi connectivity index (χ1n) is 39.7. The van der Waals surface area contributed by atoms with Crippen LogP contribution in [0.1, 0.15) is 431 Å². The van der Waals surface area contributed by atoms with E-state index in [2.05, 4.69) is 13.8 Å².